The van der Waals surface area contributed by atoms with Crippen molar-refractivity contribution in [2.45, 2.75) is 32.4 Å². The van der Waals surface area contributed by atoms with Crippen molar-refractivity contribution in [3.63, 3.8) is 0 Å². The van der Waals surface area contributed by atoms with Gasteiger partial charge in [0, 0.05) is 32.4 Å². The number of aryl methyl sites for hydroxylation is 1. The number of anilines is 1. The van der Waals surface area contributed by atoms with E-state index in [2.05, 4.69) is 35.3 Å². The Hall–Kier alpha value is -1.06. The second-order valence-corrected chi connectivity index (χ2v) is 5.09. The largest absolute Gasteiger partial charge is 0.380 e. The van der Waals surface area contributed by atoms with E-state index in [0.717, 1.165) is 19.6 Å². The number of nitrogens with zero attached hydrogens (tertiary/aromatic N) is 1. The van der Waals surface area contributed by atoms with Crippen LogP contribution >= 0.6 is 0 Å². The summed E-state index contributed by atoms with van der Waals surface area (Å²) in [6.07, 6.45) is 2.79. The summed E-state index contributed by atoms with van der Waals surface area (Å²) < 4.78 is 5.48. The molecule has 3 heteroatoms. The fourth-order valence-corrected chi connectivity index (χ4v) is 2.63. The van der Waals surface area contributed by atoms with E-state index in [4.69, 9.17) is 4.74 Å². The van der Waals surface area contributed by atoms with Crippen LogP contribution in [-0.4, -0.2) is 33.4 Å². The third-order valence-electron chi connectivity index (χ3n) is 3.77. The molecule has 1 aliphatic heterocycles. The molecule has 1 aromatic carbocycles. The highest BCUT2D eigenvalue weighted by atomic mass is 16.5. The lowest BCUT2D eigenvalue weighted by Gasteiger charge is -2.34. The minimum absolute atomic E-state index is 0.385. The summed E-state index contributed by atoms with van der Waals surface area (Å²) >= 11 is 0. The Bertz CT molecular complexity index is 392. The fraction of sp³-hybridized carbons (Fsp3) is 0.600. The molecular weight excluding hydrogens is 224 g/mol. The molecular formula is C15H24N2O. The average Bonchev–Trinajstić information content (AvgIpc) is 2.41. The number of ether oxygens (including phenoxy) is 1. The standard InChI is InChI=1S/C15H24N2O/c1-12-9-14(7-6-13(12)10-16-2)17-8-4-5-15(11-17)18-3/h6-7,9,15-16H,4-5,8,10-11H2,1-3H3. The summed E-state index contributed by atoms with van der Waals surface area (Å²) in [6, 6.07) is 6.76. The summed E-state index contributed by atoms with van der Waals surface area (Å²) in [7, 11) is 3.80. The number of hydrogen-bond donors (Lipinski definition) is 1. The molecule has 2 rings (SSSR count). The number of hydrogen-bond acceptors (Lipinski definition) is 3. The Morgan fingerprint density at radius 1 is 1.44 bits per heavy atom. The van der Waals surface area contributed by atoms with Gasteiger partial charge in [-0.05, 0) is 50.1 Å². The van der Waals surface area contributed by atoms with E-state index in [1.54, 1.807) is 0 Å². The molecule has 1 aliphatic rings. The van der Waals surface area contributed by atoms with Crippen LogP contribution in [0.15, 0.2) is 18.2 Å². The van der Waals surface area contributed by atoms with Gasteiger partial charge in [-0.1, -0.05) is 6.07 Å². The van der Waals surface area contributed by atoms with Gasteiger partial charge in [-0.2, -0.15) is 0 Å². The zero-order valence-corrected chi connectivity index (χ0v) is 11.7. The van der Waals surface area contributed by atoms with Crippen molar-refractivity contribution in [3.8, 4) is 0 Å². The lowest BCUT2D eigenvalue weighted by Crippen LogP contribution is -2.39. The average molecular weight is 248 g/mol. The van der Waals surface area contributed by atoms with Crippen molar-refractivity contribution in [3.05, 3.63) is 29.3 Å². The highest BCUT2D eigenvalue weighted by Gasteiger charge is 2.19. The lowest BCUT2D eigenvalue weighted by molar-refractivity contribution is 0.0893. The monoisotopic (exact) mass is 248 g/mol. The summed E-state index contributed by atoms with van der Waals surface area (Å²) in [5.74, 6) is 0. The SMILES string of the molecule is CNCc1ccc(N2CCCC(OC)C2)cc1C. The maximum atomic E-state index is 5.48. The molecule has 3 nitrogen and oxygen atoms in total. The number of rotatable bonds is 4. The number of benzene rings is 1. The van der Waals surface area contributed by atoms with E-state index in [9.17, 15) is 0 Å². The first-order valence-electron chi connectivity index (χ1n) is 6.76. The van der Waals surface area contributed by atoms with Crippen LogP contribution in [0.4, 0.5) is 5.69 Å². The Morgan fingerprint density at radius 3 is 2.94 bits per heavy atom. The molecule has 0 amide bonds. The molecule has 0 aromatic heterocycles. The van der Waals surface area contributed by atoms with Gasteiger partial charge in [-0.3, -0.25) is 0 Å². The van der Waals surface area contributed by atoms with Gasteiger partial charge in [0.15, 0.2) is 0 Å². The Labute approximate surface area is 110 Å². The van der Waals surface area contributed by atoms with Crippen LogP contribution in [-0.2, 0) is 11.3 Å². The fourth-order valence-electron chi connectivity index (χ4n) is 2.63. The van der Waals surface area contributed by atoms with Crippen LogP contribution in [0.3, 0.4) is 0 Å². The van der Waals surface area contributed by atoms with E-state index in [1.165, 1.54) is 29.7 Å². The van der Waals surface area contributed by atoms with Gasteiger partial charge < -0.3 is 15.0 Å². The van der Waals surface area contributed by atoms with Crippen LogP contribution in [0, 0.1) is 6.92 Å². The minimum Gasteiger partial charge on any atom is -0.380 e. The molecule has 0 saturated carbocycles. The Balaban J connectivity index is 2.10. The van der Waals surface area contributed by atoms with Gasteiger partial charge in [0.2, 0.25) is 0 Å². The van der Waals surface area contributed by atoms with Crippen LogP contribution in [0.25, 0.3) is 0 Å². The molecule has 0 radical (unpaired) electrons. The maximum absolute atomic E-state index is 5.48. The van der Waals surface area contributed by atoms with Gasteiger partial charge in [0.1, 0.15) is 0 Å². The van der Waals surface area contributed by atoms with Gasteiger partial charge in [-0.15, -0.1) is 0 Å². The number of methoxy groups -OCH3 is 1. The molecule has 100 valence electrons. The predicted molar refractivity (Wildman–Crippen MR) is 76.2 cm³/mol. The summed E-state index contributed by atoms with van der Waals surface area (Å²) in [5, 5.41) is 3.21. The second-order valence-electron chi connectivity index (χ2n) is 5.09. The molecule has 1 atom stereocenters. The van der Waals surface area contributed by atoms with Crippen molar-refractivity contribution in [2.24, 2.45) is 0 Å². The molecule has 1 heterocycles. The first-order valence-corrected chi connectivity index (χ1v) is 6.76. The van der Waals surface area contributed by atoms with Crippen molar-refractivity contribution in [1.82, 2.24) is 5.32 Å². The van der Waals surface area contributed by atoms with Crippen molar-refractivity contribution in [1.29, 1.82) is 0 Å². The van der Waals surface area contributed by atoms with Crippen LogP contribution in [0.2, 0.25) is 0 Å². The third-order valence-corrected chi connectivity index (χ3v) is 3.77. The molecule has 0 bridgehead atoms. The van der Waals surface area contributed by atoms with E-state index in [0.29, 0.717) is 6.10 Å². The van der Waals surface area contributed by atoms with Gasteiger partial charge in [0.25, 0.3) is 0 Å². The molecule has 1 saturated heterocycles. The highest BCUT2D eigenvalue weighted by Crippen LogP contribution is 2.23. The van der Waals surface area contributed by atoms with Crippen LogP contribution in [0.1, 0.15) is 24.0 Å². The molecule has 1 N–H and O–H groups in total. The van der Waals surface area contributed by atoms with E-state index in [-0.39, 0.29) is 0 Å². The summed E-state index contributed by atoms with van der Waals surface area (Å²) in [6.45, 7) is 5.28. The van der Waals surface area contributed by atoms with E-state index < -0.39 is 0 Å². The van der Waals surface area contributed by atoms with Gasteiger partial charge >= 0.3 is 0 Å². The quantitative estimate of drug-likeness (QED) is 0.885. The molecule has 1 unspecified atom stereocenters. The third kappa shape index (κ3) is 3.03. The summed E-state index contributed by atoms with van der Waals surface area (Å²) in [5.41, 5.74) is 4.07. The molecule has 0 aliphatic carbocycles. The van der Waals surface area contributed by atoms with Crippen molar-refractivity contribution < 1.29 is 4.74 Å². The Kier molecular flexibility index (Phi) is 4.61. The number of nitrogens with one attached hydrogen (secondary N) is 1. The first kappa shape index (κ1) is 13.4. The van der Waals surface area contributed by atoms with Crippen molar-refractivity contribution in [2.75, 3.05) is 32.1 Å². The Morgan fingerprint density at radius 2 is 2.28 bits per heavy atom. The maximum Gasteiger partial charge on any atom is 0.0746 e. The zero-order valence-electron chi connectivity index (χ0n) is 11.7. The normalized spacial score (nSPS) is 20.2. The van der Waals surface area contributed by atoms with E-state index in [1.807, 2.05) is 14.2 Å². The zero-order chi connectivity index (χ0) is 13.0. The topological polar surface area (TPSA) is 24.5 Å². The van der Waals surface area contributed by atoms with Gasteiger partial charge in [-0.25, -0.2) is 0 Å². The van der Waals surface area contributed by atoms with Crippen LogP contribution < -0.4 is 10.2 Å². The molecule has 0 spiro atoms. The highest BCUT2D eigenvalue weighted by molar-refractivity contribution is 5.51. The van der Waals surface area contributed by atoms with Crippen molar-refractivity contribution >= 4 is 5.69 Å². The molecule has 1 fully saturated rings. The van der Waals surface area contributed by atoms with Gasteiger partial charge in [0.05, 0.1) is 6.10 Å². The predicted octanol–water partition coefficient (Wildman–Crippen LogP) is 2.33. The smallest absolute Gasteiger partial charge is 0.0746 e. The second kappa shape index (κ2) is 6.21. The summed E-state index contributed by atoms with van der Waals surface area (Å²) in [4.78, 5) is 2.44. The lowest BCUT2D eigenvalue weighted by atomic mass is 10.0. The van der Waals surface area contributed by atoms with E-state index >= 15 is 0 Å². The first-order chi connectivity index (χ1) is 8.74. The number of piperidine rings is 1. The van der Waals surface area contributed by atoms with Crippen LogP contribution in [0.5, 0.6) is 0 Å². The molecule has 18 heavy (non-hydrogen) atoms. The molecule has 1 aromatic rings. The minimum atomic E-state index is 0.385.